The van der Waals surface area contributed by atoms with Crippen LogP contribution in [-0.4, -0.2) is 183 Å². The Morgan fingerprint density at radius 2 is 1.25 bits per heavy atom. The largest absolute Gasteiger partial charge is 0.394 e. The molecule has 0 bridgehead atoms. The lowest BCUT2D eigenvalue weighted by atomic mass is 9.95. The Morgan fingerprint density at radius 1 is 0.705 bits per heavy atom. The van der Waals surface area contributed by atoms with E-state index < -0.39 is 118 Å². The molecule has 15 atom stereocenters. The number of rotatable bonds is 14. The molecule has 6 unspecified atom stereocenters. The summed E-state index contributed by atoms with van der Waals surface area (Å²) in [5.74, 6) is -0.528. The van der Waals surface area contributed by atoms with E-state index in [2.05, 4.69) is 10.6 Å². The molecule has 0 aliphatic carbocycles. The van der Waals surface area contributed by atoms with Crippen LogP contribution in [0, 0.1) is 0 Å². The molecule has 0 aromatic carbocycles. The summed E-state index contributed by atoms with van der Waals surface area (Å²) in [5.41, 5.74) is 0. The van der Waals surface area contributed by atoms with Crippen LogP contribution in [0.4, 0.5) is 0 Å². The maximum atomic E-state index is 12.0. The molecule has 18 nitrogen and oxygen atoms in total. The molecule has 0 radical (unpaired) electrons. The van der Waals surface area contributed by atoms with E-state index in [1.165, 1.54) is 6.92 Å². The van der Waals surface area contributed by atoms with Crippen molar-refractivity contribution in [2.45, 2.75) is 125 Å². The molecule has 3 rings (SSSR count). The van der Waals surface area contributed by atoms with Gasteiger partial charge in [0.05, 0.1) is 26.4 Å². The molecule has 0 saturated carbocycles. The zero-order valence-corrected chi connectivity index (χ0v) is 24.9. The van der Waals surface area contributed by atoms with E-state index in [0.717, 1.165) is 0 Å². The van der Waals surface area contributed by atoms with Gasteiger partial charge in [-0.1, -0.05) is 13.8 Å². The Balaban J connectivity index is 1.76. The molecule has 3 saturated heterocycles. The molecule has 3 aliphatic rings. The quantitative estimate of drug-likeness (QED) is 0.0785. The predicted octanol–water partition coefficient (Wildman–Crippen LogP) is -6.02. The van der Waals surface area contributed by atoms with Crippen LogP contribution >= 0.6 is 0 Å². The van der Waals surface area contributed by atoms with Gasteiger partial charge in [0.2, 0.25) is 5.91 Å². The number of hydrogen-bond donors (Lipinski definition) is 11. The summed E-state index contributed by atoms with van der Waals surface area (Å²) in [6.07, 6.45) is -21.9. The first kappa shape index (κ1) is 37.3. The van der Waals surface area contributed by atoms with Crippen LogP contribution in [0.1, 0.15) is 27.2 Å². The monoisotopic (exact) mass is 644 g/mol. The van der Waals surface area contributed by atoms with Crippen molar-refractivity contribution in [3.63, 3.8) is 0 Å². The summed E-state index contributed by atoms with van der Waals surface area (Å²) < 4.78 is 33.8. The van der Waals surface area contributed by atoms with Gasteiger partial charge in [-0.15, -0.1) is 0 Å². The zero-order valence-electron chi connectivity index (χ0n) is 24.9. The SMILES string of the molecule is CC(=O)NC1[C@H](OCCCNC(C)C)OC(CO)[C@@H](O[C@@H]2OC(CO)[C@H](O)[C@H](O[C@H]3OC(CO)[C@H](O)[C@H](O)C3O)C2O)[C@@H]1O. The fourth-order valence-corrected chi connectivity index (χ4v) is 5.24. The third-order valence-corrected chi connectivity index (χ3v) is 7.63. The molecule has 1 amide bonds. The summed E-state index contributed by atoms with van der Waals surface area (Å²) in [6.45, 7) is 3.76. The number of aliphatic hydroxyl groups excluding tert-OH is 9. The average molecular weight is 645 g/mol. The maximum absolute atomic E-state index is 12.0. The maximum Gasteiger partial charge on any atom is 0.217 e. The third-order valence-electron chi connectivity index (χ3n) is 7.63. The number of ether oxygens (including phenoxy) is 6. The van der Waals surface area contributed by atoms with E-state index in [9.17, 15) is 50.8 Å². The summed E-state index contributed by atoms with van der Waals surface area (Å²) >= 11 is 0. The van der Waals surface area contributed by atoms with E-state index in [-0.39, 0.29) is 12.6 Å². The standard InChI is InChI=1S/C26H48N2O16/c1-10(2)27-5-4-6-39-24-15(28-11(3)32)18(35)22(14(9-31)42-24)43-26-21(38)23(17(34)13(8-30)41-26)44-25-20(37)19(36)16(33)12(7-29)40-25/h10,12-27,29-31,33-38H,4-9H2,1-3H3,(H,28,32)/t12?,13?,14?,15?,16-,17-,18+,19-,20?,21?,22+,23-,24+,25+,26-/m0/s1. The van der Waals surface area contributed by atoms with Crippen molar-refractivity contribution >= 4 is 5.91 Å². The van der Waals surface area contributed by atoms with Crippen molar-refractivity contribution < 1.29 is 79.2 Å². The number of aliphatic hydroxyl groups is 9. The number of amides is 1. The molecular weight excluding hydrogens is 596 g/mol. The molecule has 3 heterocycles. The van der Waals surface area contributed by atoms with E-state index in [1.54, 1.807) is 0 Å². The van der Waals surface area contributed by atoms with Crippen LogP contribution in [0.3, 0.4) is 0 Å². The lowest BCUT2D eigenvalue weighted by Crippen LogP contribution is -2.68. The van der Waals surface area contributed by atoms with Gasteiger partial charge in [-0.05, 0) is 13.0 Å². The van der Waals surface area contributed by atoms with Gasteiger partial charge in [-0.3, -0.25) is 4.79 Å². The minimum absolute atomic E-state index is 0.189. The van der Waals surface area contributed by atoms with Crippen LogP contribution < -0.4 is 10.6 Å². The zero-order chi connectivity index (χ0) is 32.7. The lowest BCUT2D eigenvalue weighted by Gasteiger charge is -2.48. The highest BCUT2D eigenvalue weighted by Crippen LogP contribution is 2.32. The molecule has 11 N–H and O–H groups in total. The number of carbonyl (C=O) groups is 1. The average Bonchev–Trinajstić information content (AvgIpc) is 2.98. The highest BCUT2D eigenvalue weighted by molar-refractivity contribution is 5.73. The number of hydrogen-bond acceptors (Lipinski definition) is 17. The summed E-state index contributed by atoms with van der Waals surface area (Å²) in [6, 6.07) is -0.919. The van der Waals surface area contributed by atoms with Crippen molar-refractivity contribution in [1.82, 2.24) is 10.6 Å². The molecule has 3 aliphatic heterocycles. The first-order chi connectivity index (χ1) is 20.8. The summed E-state index contributed by atoms with van der Waals surface area (Å²) in [5, 5.41) is 98.8. The van der Waals surface area contributed by atoms with Gasteiger partial charge in [-0.2, -0.15) is 0 Å². The van der Waals surface area contributed by atoms with Crippen molar-refractivity contribution in [1.29, 1.82) is 0 Å². The predicted molar refractivity (Wildman–Crippen MR) is 144 cm³/mol. The molecular formula is C26H48N2O16. The van der Waals surface area contributed by atoms with Crippen LogP contribution in [0.2, 0.25) is 0 Å². The number of nitrogens with one attached hydrogen (secondary N) is 2. The van der Waals surface area contributed by atoms with Crippen LogP contribution in [-0.2, 0) is 33.2 Å². The molecule has 44 heavy (non-hydrogen) atoms. The fraction of sp³-hybridized carbons (Fsp3) is 0.962. The van der Waals surface area contributed by atoms with E-state index in [4.69, 9.17) is 28.4 Å². The van der Waals surface area contributed by atoms with E-state index >= 15 is 0 Å². The normalized spacial score (nSPS) is 43.2. The van der Waals surface area contributed by atoms with Gasteiger partial charge >= 0.3 is 0 Å². The minimum atomic E-state index is -1.90. The lowest BCUT2D eigenvalue weighted by molar-refractivity contribution is -0.376. The van der Waals surface area contributed by atoms with Crippen molar-refractivity contribution in [3.8, 4) is 0 Å². The minimum Gasteiger partial charge on any atom is -0.394 e. The van der Waals surface area contributed by atoms with Gasteiger partial charge < -0.3 is 85.0 Å². The summed E-state index contributed by atoms with van der Waals surface area (Å²) in [4.78, 5) is 12.0. The topological polar surface area (TPSA) is 279 Å². The highest BCUT2D eigenvalue weighted by Gasteiger charge is 2.54. The second-order valence-electron chi connectivity index (χ2n) is 11.4. The smallest absolute Gasteiger partial charge is 0.217 e. The molecule has 0 aromatic rings. The second-order valence-corrected chi connectivity index (χ2v) is 11.4. The van der Waals surface area contributed by atoms with Gasteiger partial charge in [0.1, 0.15) is 73.2 Å². The first-order valence-electron chi connectivity index (χ1n) is 14.6. The molecule has 18 heteroatoms. The Hall–Kier alpha value is -1.17. The second kappa shape index (κ2) is 17.1. The molecule has 0 spiro atoms. The van der Waals surface area contributed by atoms with Gasteiger partial charge in [0.15, 0.2) is 18.9 Å². The van der Waals surface area contributed by atoms with Crippen molar-refractivity contribution in [2.75, 3.05) is 33.0 Å². The highest BCUT2D eigenvalue weighted by atomic mass is 16.8. The Bertz CT molecular complexity index is 872. The van der Waals surface area contributed by atoms with Crippen molar-refractivity contribution in [2.24, 2.45) is 0 Å². The van der Waals surface area contributed by atoms with Crippen LogP contribution in [0.25, 0.3) is 0 Å². The fourth-order valence-electron chi connectivity index (χ4n) is 5.24. The number of carbonyl (C=O) groups excluding carboxylic acids is 1. The molecule has 3 fully saturated rings. The Labute approximate surface area is 254 Å². The van der Waals surface area contributed by atoms with E-state index in [1.807, 2.05) is 13.8 Å². The Morgan fingerprint density at radius 3 is 1.82 bits per heavy atom. The third kappa shape index (κ3) is 9.00. The van der Waals surface area contributed by atoms with E-state index in [0.29, 0.717) is 13.0 Å². The molecule has 0 aromatic heterocycles. The Kier molecular flexibility index (Phi) is 14.5. The van der Waals surface area contributed by atoms with Crippen LogP contribution in [0.5, 0.6) is 0 Å². The van der Waals surface area contributed by atoms with Gasteiger partial charge in [0, 0.05) is 13.0 Å². The van der Waals surface area contributed by atoms with Gasteiger partial charge in [-0.25, -0.2) is 0 Å². The van der Waals surface area contributed by atoms with Gasteiger partial charge in [0.25, 0.3) is 0 Å². The first-order valence-corrected chi connectivity index (χ1v) is 14.6. The molecule has 258 valence electrons. The summed E-state index contributed by atoms with van der Waals surface area (Å²) in [7, 11) is 0. The van der Waals surface area contributed by atoms with Crippen LogP contribution in [0.15, 0.2) is 0 Å². The van der Waals surface area contributed by atoms with Crippen molar-refractivity contribution in [3.05, 3.63) is 0 Å².